The largest absolute Gasteiger partial charge is 0.469 e. The second kappa shape index (κ2) is 5.69. The highest BCUT2D eigenvalue weighted by Gasteiger charge is 2.12. The topological polar surface area (TPSA) is 52.3 Å². The van der Waals surface area contributed by atoms with Gasteiger partial charge in [0.15, 0.2) is 5.76 Å². The van der Waals surface area contributed by atoms with Crippen molar-refractivity contribution in [3.05, 3.63) is 41.0 Å². The summed E-state index contributed by atoms with van der Waals surface area (Å²) in [4.78, 5) is 11.1. The molecule has 94 valence electrons. The third-order valence-corrected chi connectivity index (χ3v) is 2.83. The lowest BCUT2D eigenvalue weighted by molar-refractivity contribution is -0.140. The van der Waals surface area contributed by atoms with Crippen LogP contribution >= 0.6 is 11.6 Å². The van der Waals surface area contributed by atoms with E-state index in [4.69, 9.17) is 16.1 Å². The van der Waals surface area contributed by atoms with Gasteiger partial charge in [0.25, 0.3) is 0 Å². The van der Waals surface area contributed by atoms with Crippen LogP contribution in [0, 0.1) is 0 Å². The molecule has 0 fully saturated rings. The molecule has 2 aromatic rings. The van der Waals surface area contributed by atoms with E-state index in [0.717, 1.165) is 11.1 Å². The number of benzene rings is 1. The van der Waals surface area contributed by atoms with Gasteiger partial charge in [-0.25, -0.2) is 0 Å². The second-order valence-corrected chi connectivity index (χ2v) is 4.20. The fourth-order valence-electron chi connectivity index (χ4n) is 1.62. The van der Waals surface area contributed by atoms with Crippen molar-refractivity contribution in [3.63, 3.8) is 0 Å². The van der Waals surface area contributed by atoms with E-state index in [1.165, 1.54) is 7.11 Å². The van der Waals surface area contributed by atoms with Crippen LogP contribution in [-0.2, 0) is 16.0 Å². The summed E-state index contributed by atoms with van der Waals surface area (Å²) in [5.74, 6) is 0.411. The molecule has 0 spiro atoms. The highest BCUT2D eigenvalue weighted by molar-refractivity contribution is 6.30. The second-order valence-electron chi connectivity index (χ2n) is 3.76. The molecule has 1 heterocycles. The van der Waals surface area contributed by atoms with Gasteiger partial charge in [-0.2, -0.15) is 0 Å². The van der Waals surface area contributed by atoms with Gasteiger partial charge < -0.3 is 9.26 Å². The van der Waals surface area contributed by atoms with E-state index >= 15 is 0 Å². The molecule has 1 aromatic carbocycles. The van der Waals surface area contributed by atoms with Crippen LogP contribution in [-0.4, -0.2) is 18.2 Å². The Morgan fingerprint density at radius 3 is 2.78 bits per heavy atom. The number of rotatable bonds is 4. The summed E-state index contributed by atoms with van der Waals surface area (Å²) >= 11 is 5.83. The van der Waals surface area contributed by atoms with Crippen LogP contribution in [0.25, 0.3) is 11.3 Å². The van der Waals surface area contributed by atoms with E-state index < -0.39 is 0 Å². The zero-order valence-corrected chi connectivity index (χ0v) is 10.6. The zero-order chi connectivity index (χ0) is 13.0. The molecular formula is C13H12ClNO3. The molecule has 5 heteroatoms. The van der Waals surface area contributed by atoms with Crippen molar-refractivity contribution in [2.24, 2.45) is 0 Å². The van der Waals surface area contributed by atoms with Crippen LogP contribution in [0.2, 0.25) is 5.02 Å². The number of nitrogens with zero attached hydrogens (tertiary/aromatic N) is 1. The molecule has 0 amide bonds. The van der Waals surface area contributed by atoms with Gasteiger partial charge in [0.05, 0.1) is 13.3 Å². The van der Waals surface area contributed by atoms with Gasteiger partial charge in [0.1, 0.15) is 0 Å². The fraction of sp³-hybridized carbons (Fsp3) is 0.231. The molecule has 0 unspecified atom stereocenters. The molecule has 0 aliphatic rings. The molecule has 2 rings (SSSR count). The van der Waals surface area contributed by atoms with E-state index in [9.17, 15) is 4.79 Å². The Bertz CT molecular complexity index is 533. The molecule has 0 N–H and O–H groups in total. The van der Waals surface area contributed by atoms with Crippen LogP contribution in [0.3, 0.4) is 0 Å². The SMILES string of the molecule is COC(=O)CCc1cnoc1-c1ccc(Cl)cc1. The summed E-state index contributed by atoms with van der Waals surface area (Å²) in [5.41, 5.74) is 1.76. The maximum atomic E-state index is 11.1. The predicted molar refractivity (Wildman–Crippen MR) is 67.3 cm³/mol. The highest BCUT2D eigenvalue weighted by atomic mass is 35.5. The summed E-state index contributed by atoms with van der Waals surface area (Å²) in [7, 11) is 1.37. The number of hydrogen-bond donors (Lipinski definition) is 0. The first kappa shape index (κ1) is 12.6. The first-order valence-electron chi connectivity index (χ1n) is 5.47. The number of ether oxygens (including phenoxy) is 1. The van der Waals surface area contributed by atoms with Gasteiger partial charge in [-0.1, -0.05) is 16.8 Å². The molecule has 0 radical (unpaired) electrons. The minimum absolute atomic E-state index is 0.252. The minimum atomic E-state index is -0.252. The number of hydrogen-bond acceptors (Lipinski definition) is 4. The number of aryl methyl sites for hydroxylation is 1. The van der Waals surface area contributed by atoms with Crippen LogP contribution in [0.5, 0.6) is 0 Å². The van der Waals surface area contributed by atoms with Crippen molar-refractivity contribution >= 4 is 17.6 Å². The van der Waals surface area contributed by atoms with Crippen LogP contribution < -0.4 is 0 Å². The normalized spacial score (nSPS) is 10.3. The molecule has 1 aromatic heterocycles. The minimum Gasteiger partial charge on any atom is -0.469 e. The smallest absolute Gasteiger partial charge is 0.305 e. The number of carbonyl (C=O) groups excluding carboxylic acids is 1. The quantitative estimate of drug-likeness (QED) is 0.797. The number of halogens is 1. The van der Waals surface area contributed by atoms with E-state index in [0.29, 0.717) is 23.6 Å². The molecule has 0 aliphatic carbocycles. The van der Waals surface area contributed by atoms with Crippen molar-refractivity contribution in [1.82, 2.24) is 5.16 Å². The van der Waals surface area contributed by atoms with Crippen molar-refractivity contribution in [3.8, 4) is 11.3 Å². The summed E-state index contributed by atoms with van der Waals surface area (Å²) < 4.78 is 9.81. The van der Waals surface area contributed by atoms with E-state index in [1.807, 2.05) is 12.1 Å². The Balaban J connectivity index is 2.17. The molecule has 0 bridgehead atoms. The lowest BCUT2D eigenvalue weighted by atomic mass is 10.1. The fourth-order valence-corrected chi connectivity index (χ4v) is 1.74. The van der Waals surface area contributed by atoms with E-state index in [-0.39, 0.29) is 5.97 Å². The van der Waals surface area contributed by atoms with Gasteiger partial charge in [-0.15, -0.1) is 0 Å². The van der Waals surface area contributed by atoms with E-state index in [2.05, 4.69) is 9.89 Å². The number of esters is 1. The van der Waals surface area contributed by atoms with Gasteiger partial charge in [0.2, 0.25) is 0 Å². The number of methoxy groups -OCH3 is 1. The number of aromatic nitrogens is 1. The Morgan fingerprint density at radius 1 is 1.39 bits per heavy atom. The Hall–Kier alpha value is -1.81. The summed E-state index contributed by atoms with van der Waals surface area (Å²) in [6.07, 6.45) is 2.46. The molecule has 0 atom stereocenters. The molecule has 0 saturated carbocycles. The average molecular weight is 266 g/mol. The van der Waals surface area contributed by atoms with Crippen molar-refractivity contribution in [2.75, 3.05) is 7.11 Å². The first-order valence-corrected chi connectivity index (χ1v) is 5.85. The van der Waals surface area contributed by atoms with Gasteiger partial charge in [-0.3, -0.25) is 4.79 Å². The van der Waals surface area contributed by atoms with Crippen molar-refractivity contribution < 1.29 is 14.1 Å². The highest BCUT2D eigenvalue weighted by Crippen LogP contribution is 2.25. The maximum absolute atomic E-state index is 11.1. The van der Waals surface area contributed by atoms with Crippen molar-refractivity contribution in [1.29, 1.82) is 0 Å². The van der Waals surface area contributed by atoms with Crippen LogP contribution in [0.4, 0.5) is 0 Å². The summed E-state index contributed by atoms with van der Waals surface area (Å²) in [6, 6.07) is 7.27. The third kappa shape index (κ3) is 2.90. The predicted octanol–water partition coefficient (Wildman–Crippen LogP) is 3.10. The zero-order valence-electron chi connectivity index (χ0n) is 9.85. The molecular weight excluding hydrogens is 254 g/mol. The summed E-state index contributed by atoms with van der Waals surface area (Å²) in [6.45, 7) is 0. The average Bonchev–Trinajstić information content (AvgIpc) is 2.85. The van der Waals surface area contributed by atoms with Crippen LogP contribution in [0.15, 0.2) is 35.0 Å². The van der Waals surface area contributed by atoms with Gasteiger partial charge >= 0.3 is 5.97 Å². The molecule has 4 nitrogen and oxygen atoms in total. The molecule has 0 aliphatic heterocycles. The Morgan fingerprint density at radius 2 is 2.11 bits per heavy atom. The van der Waals surface area contributed by atoms with Gasteiger partial charge in [0, 0.05) is 22.6 Å². The standard InChI is InChI=1S/C13H12ClNO3/c1-17-12(16)7-4-10-8-15-18-13(10)9-2-5-11(14)6-3-9/h2-3,5-6,8H,4,7H2,1H3. The number of carbonyl (C=O) groups is 1. The van der Waals surface area contributed by atoms with Crippen LogP contribution in [0.1, 0.15) is 12.0 Å². The summed E-state index contributed by atoms with van der Waals surface area (Å²) in [5, 5.41) is 4.43. The third-order valence-electron chi connectivity index (χ3n) is 2.58. The first-order chi connectivity index (χ1) is 8.70. The lowest BCUT2D eigenvalue weighted by Gasteiger charge is -2.01. The van der Waals surface area contributed by atoms with E-state index in [1.54, 1.807) is 18.3 Å². The Kier molecular flexibility index (Phi) is 3.99. The monoisotopic (exact) mass is 265 g/mol. The Labute approximate surface area is 109 Å². The van der Waals surface area contributed by atoms with Crippen molar-refractivity contribution in [2.45, 2.75) is 12.8 Å². The molecule has 18 heavy (non-hydrogen) atoms. The molecule has 0 saturated heterocycles. The lowest BCUT2D eigenvalue weighted by Crippen LogP contribution is -2.01. The van der Waals surface area contributed by atoms with Gasteiger partial charge in [-0.05, 0) is 30.7 Å². The maximum Gasteiger partial charge on any atom is 0.305 e.